The third kappa shape index (κ3) is 3.06. The predicted molar refractivity (Wildman–Crippen MR) is 77.8 cm³/mol. The molecule has 114 valence electrons. The van der Waals surface area contributed by atoms with Gasteiger partial charge in [-0.15, -0.1) is 0 Å². The Balaban J connectivity index is 2.02. The molecule has 1 N–H and O–H groups in total. The maximum atomic E-state index is 13.2. The number of nitrogens with zero attached hydrogens (tertiary/aromatic N) is 2. The summed E-state index contributed by atoms with van der Waals surface area (Å²) in [6.45, 7) is 0.430. The second kappa shape index (κ2) is 6.07. The lowest BCUT2D eigenvalue weighted by Gasteiger charge is -2.17. The lowest BCUT2D eigenvalue weighted by molar-refractivity contribution is -0.124. The molecule has 21 heavy (non-hydrogen) atoms. The summed E-state index contributed by atoms with van der Waals surface area (Å²) in [6.07, 6.45) is 0. The summed E-state index contributed by atoms with van der Waals surface area (Å²) in [5, 5.41) is 2.58. The summed E-state index contributed by atoms with van der Waals surface area (Å²) >= 11 is 11.6. The molecule has 1 atom stereocenters. The molecular formula is C13H14Cl2FN3O2. The number of urea groups is 1. The molecule has 1 aliphatic heterocycles. The molecule has 0 radical (unpaired) electrons. The SMILES string of the molecule is CN1C[C@@H](C(=O)NCc2ccc(F)c(Cl)c2Cl)N(C)C1=O. The van der Waals surface area contributed by atoms with Gasteiger partial charge in [-0.3, -0.25) is 4.79 Å². The van der Waals surface area contributed by atoms with Gasteiger partial charge in [0.15, 0.2) is 0 Å². The maximum absolute atomic E-state index is 13.2. The van der Waals surface area contributed by atoms with Crippen LogP contribution in [0.15, 0.2) is 12.1 Å². The monoisotopic (exact) mass is 333 g/mol. The first-order valence-corrected chi connectivity index (χ1v) is 6.96. The van der Waals surface area contributed by atoms with Crippen molar-refractivity contribution in [3.05, 3.63) is 33.6 Å². The second-order valence-electron chi connectivity index (χ2n) is 4.84. The first kappa shape index (κ1) is 15.9. The molecule has 1 saturated heterocycles. The fourth-order valence-corrected chi connectivity index (χ4v) is 2.53. The number of hydrogen-bond acceptors (Lipinski definition) is 2. The van der Waals surface area contributed by atoms with Gasteiger partial charge in [-0.1, -0.05) is 29.3 Å². The van der Waals surface area contributed by atoms with E-state index in [-0.39, 0.29) is 28.5 Å². The van der Waals surface area contributed by atoms with E-state index in [1.54, 1.807) is 14.1 Å². The minimum absolute atomic E-state index is 0.0740. The molecule has 0 saturated carbocycles. The highest BCUT2D eigenvalue weighted by Gasteiger charge is 2.36. The van der Waals surface area contributed by atoms with Crippen LogP contribution < -0.4 is 5.32 Å². The Hall–Kier alpha value is -1.53. The van der Waals surface area contributed by atoms with Crippen LogP contribution in [0.25, 0.3) is 0 Å². The highest BCUT2D eigenvalue weighted by atomic mass is 35.5. The summed E-state index contributed by atoms with van der Waals surface area (Å²) < 4.78 is 13.2. The van der Waals surface area contributed by atoms with Gasteiger partial charge in [0, 0.05) is 20.6 Å². The molecule has 1 fully saturated rings. The second-order valence-corrected chi connectivity index (χ2v) is 5.60. The number of halogens is 3. The molecule has 3 amide bonds. The summed E-state index contributed by atoms with van der Waals surface area (Å²) in [5.74, 6) is -0.911. The fourth-order valence-electron chi connectivity index (χ4n) is 2.12. The van der Waals surface area contributed by atoms with E-state index in [4.69, 9.17) is 23.2 Å². The van der Waals surface area contributed by atoms with Crippen LogP contribution in [0.2, 0.25) is 10.0 Å². The van der Waals surface area contributed by atoms with E-state index in [1.807, 2.05) is 0 Å². The van der Waals surface area contributed by atoms with Crippen molar-refractivity contribution in [3.63, 3.8) is 0 Å². The largest absolute Gasteiger partial charge is 0.350 e. The van der Waals surface area contributed by atoms with E-state index in [9.17, 15) is 14.0 Å². The Bertz CT molecular complexity index is 597. The molecule has 0 bridgehead atoms. The summed E-state index contributed by atoms with van der Waals surface area (Å²) in [7, 11) is 3.19. The van der Waals surface area contributed by atoms with Crippen LogP contribution in [-0.2, 0) is 11.3 Å². The average Bonchev–Trinajstić information content (AvgIpc) is 2.71. The molecular weight excluding hydrogens is 320 g/mol. The lowest BCUT2D eigenvalue weighted by atomic mass is 10.2. The van der Waals surface area contributed by atoms with Crippen molar-refractivity contribution >= 4 is 35.1 Å². The van der Waals surface area contributed by atoms with Gasteiger partial charge in [0.25, 0.3) is 0 Å². The quantitative estimate of drug-likeness (QED) is 0.861. The molecule has 5 nitrogen and oxygen atoms in total. The number of likely N-dealkylation sites (N-methyl/N-ethyl adjacent to an activating group) is 2. The van der Waals surface area contributed by atoms with Crippen molar-refractivity contribution in [2.24, 2.45) is 0 Å². The number of carbonyl (C=O) groups excluding carboxylic acids is 2. The molecule has 8 heteroatoms. The number of hydrogen-bond donors (Lipinski definition) is 1. The summed E-state index contributed by atoms with van der Waals surface area (Å²) in [6, 6.07) is 1.88. The number of amides is 3. The average molecular weight is 334 g/mol. The maximum Gasteiger partial charge on any atom is 0.320 e. The zero-order chi connectivity index (χ0) is 15.7. The lowest BCUT2D eigenvalue weighted by Crippen LogP contribution is -2.43. The topological polar surface area (TPSA) is 52.7 Å². The fraction of sp³-hybridized carbons (Fsp3) is 0.385. The smallest absolute Gasteiger partial charge is 0.320 e. The van der Waals surface area contributed by atoms with Crippen molar-refractivity contribution < 1.29 is 14.0 Å². The van der Waals surface area contributed by atoms with Crippen LogP contribution in [-0.4, -0.2) is 48.4 Å². The Morgan fingerprint density at radius 2 is 2.05 bits per heavy atom. The molecule has 1 aromatic carbocycles. The number of nitrogens with one attached hydrogen (secondary N) is 1. The van der Waals surface area contributed by atoms with Crippen LogP contribution >= 0.6 is 23.2 Å². The third-order valence-corrected chi connectivity index (χ3v) is 4.31. The normalized spacial score (nSPS) is 18.3. The number of benzene rings is 1. The highest BCUT2D eigenvalue weighted by Crippen LogP contribution is 2.28. The number of rotatable bonds is 3. The van der Waals surface area contributed by atoms with Gasteiger partial charge in [-0.2, -0.15) is 0 Å². The van der Waals surface area contributed by atoms with Crippen molar-refractivity contribution in [2.75, 3.05) is 20.6 Å². The van der Waals surface area contributed by atoms with Crippen LogP contribution in [0.5, 0.6) is 0 Å². The first-order valence-electron chi connectivity index (χ1n) is 6.21. The van der Waals surface area contributed by atoms with E-state index in [0.29, 0.717) is 12.1 Å². The van der Waals surface area contributed by atoms with Gasteiger partial charge in [0.05, 0.1) is 16.6 Å². The van der Waals surface area contributed by atoms with Gasteiger partial charge >= 0.3 is 6.03 Å². The van der Waals surface area contributed by atoms with Gasteiger partial charge in [0.1, 0.15) is 11.9 Å². The molecule has 1 aliphatic rings. The number of carbonyl (C=O) groups is 2. The Labute approximate surface area is 131 Å². The van der Waals surface area contributed by atoms with Gasteiger partial charge in [0.2, 0.25) is 5.91 Å². The van der Waals surface area contributed by atoms with Gasteiger partial charge in [-0.25, -0.2) is 9.18 Å². The van der Waals surface area contributed by atoms with E-state index in [0.717, 1.165) is 0 Å². The molecule has 0 aromatic heterocycles. The Morgan fingerprint density at radius 3 is 2.62 bits per heavy atom. The zero-order valence-electron chi connectivity index (χ0n) is 11.5. The Kier molecular flexibility index (Phi) is 4.58. The minimum atomic E-state index is -0.612. The van der Waals surface area contributed by atoms with E-state index in [1.165, 1.54) is 21.9 Å². The molecule has 0 unspecified atom stereocenters. The van der Waals surface area contributed by atoms with Crippen LogP contribution in [0.4, 0.5) is 9.18 Å². The molecule has 0 spiro atoms. The molecule has 1 aromatic rings. The van der Waals surface area contributed by atoms with E-state index < -0.39 is 11.9 Å². The predicted octanol–water partition coefficient (Wildman–Crippen LogP) is 2.11. The minimum Gasteiger partial charge on any atom is -0.350 e. The zero-order valence-corrected chi connectivity index (χ0v) is 13.0. The summed E-state index contributed by atoms with van der Waals surface area (Å²) in [4.78, 5) is 26.6. The van der Waals surface area contributed by atoms with Crippen LogP contribution in [0.1, 0.15) is 5.56 Å². The summed E-state index contributed by atoms with van der Waals surface area (Å²) in [5.41, 5.74) is 0.511. The standard InChI is InChI=1S/C13H14Cl2FN3O2/c1-18-6-9(19(2)13(18)21)12(20)17-5-7-3-4-8(16)11(15)10(7)14/h3-4,9H,5-6H2,1-2H3,(H,17,20)/t9-/m0/s1. The third-order valence-electron chi connectivity index (χ3n) is 3.41. The van der Waals surface area contributed by atoms with Gasteiger partial charge in [-0.05, 0) is 11.6 Å². The molecule has 0 aliphatic carbocycles. The van der Waals surface area contributed by atoms with Crippen molar-refractivity contribution in [3.8, 4) is 0 Å². The van der Waals surface area contributed by atoms with Crippen LogP contribution in [0, 0.1) is 5.82 Å². The van der Waals surface area contributed by atoms with Crippen molar-refractivity contribution in [1.82, 2.24) is 15.1 Å². The van der Waals surface area contributed by atoms with Crippen molar-refractivity contribution in [2.45, 2.75) is 12.6 Å². The first-order chi connectivity index (χ1) is 9.82. The molecule has 2 rings (SSSR count). The van der Waals surface area contributed by atoms with Gasteiger partial charge < -0.3 is 15.1 Å². The highest BCUT2D eigenvalue weighted by molar-refractivity contribution is 6.42. The van der Waals surface area contributed by atoms with Crippen LogP contribution in [0.3, 0.4) is 0 Å². The molecule has 1 heterocycles. The van der Waals surface area contributed by atoms with E-state index in [2.05, 4.69) is 5.32 Å². The van der Waals surface area contributed by atoms with Crippen molar-refractivity contribution in [1.29, 1.82) is 0 Å². The Morgan fingerprint density at radius 1 is 1.38 bits per heavy atom. The van der Waals surface area contributed by atoms with E-state index >= 15 is 0 Å².